The molecular weight excluding hydrogens is 258 g/mol. The van der Waals surface area contributed by atoms with E-state index >= 15 is 0 Å². The summed E-state index contributed by atoms with van der Waals surface area (Å²) in [6.07, 6.45) is 0. The van der Waals surface area contributed by atoms with Gasteiger partial charge in [0.2, 0.25) is 0 Å². The molecule has 0 saturated heterocycles. The highest BCUT2D eigenvalue weighted by Gasteiger charge is 2.12. The Hall–Kier alpha value is -0.770. The van der Waals surface area contributed by atoms with Crippen LogP contribution in [0.2, 0.25) is 0 Å². The predicted octanol–water partition coefficient (Wildman–Crippen LogP) is 3.89. The van der Waals surface area contributed by atoms with Crippen molar-refractivity contribution in [3.8, 4) is 0 Å². The molecule has 3 heteroatoms. The Bertz CT molecular complexity index is 439. The van der Waals surface area contributed by atoms with E-state index in [1.54, 1.807) is 11.3 Å². The topological polar surface area (TPSA) is 3.24 Å². The molecule has 0 saturated carbocycles. The highest BCUT2D eigenvalue weighted by Crippen LogP contribution is 2.19. The van der Waals surface area contributed by atoms with Crippen LogP contribution >= 0.6 is 24.0 Å². The van der Waals surface area contributed by atoms with Crippen molar-refractivity contribution in [1.82, 2.24) is 4.90 Å². The van der Waals surface area contributed by atoms with Gasteiger partial charge in [-0.15, -0.1) is 0 Å². The molecule has 18 heavy (non-hydrogen) atoms. The van der Waals surface area contributed by atoms with Gasteiger partial charge in [-0.25, -0.2) is 0 Å². The predicted molar refractivity (Wildman–Crippen MR) is 83.7 cm³/mol. The molecule has 96 valence electrons. The minimum absolute atomic E-state index is 0.498. The van der Waals surface area contributed by atoms with Crippen molar-refractivity contribution in [2.75, 3.05) is 19.3 Å². The van der Waals surface area contributed by atoms with Crippen LogP contribution in [0.3, 0.4) is 0 Å². The van der Waals surface area contributed by atoms with E-state index in [1.165, 1.54) is 11.1 Å². The standard InChI is InChI=1S/C15H19NS2/c1-16(9-13-7-8-18-12-13)10-15(11-17)14-5-3-2-4-6-14/h2-8,12,15,17H,9-11H2,1H3. The number of benzene rings is 1. The second-order valence-electron chi connectivity index (χ2n) is 4.62. The second kappa shape index (κ2) is 6.98. The first kappa shape index (κ1) is 13.7. The van der Waals surface area contributed by atoms with Gasteiger partial charge in [-0.2, -0.15) is 24.0 Å². The summed E-state index contributed by atoms with van der Waals surface area (Å²) in [7, 11) is 2.18. The summed E-state index contributed by atoms with van der Waals surface area (Å²) < 4.78 is 0. The Morgan fingerprint density at radius 2 is 2.00 bits per heavy atom. The Morgan fingerprint density at radius 1 is 1.22 bits per heavy atom. The van der Waals surface area contributed by atoms with E-state index < -0.39 is 0 Å². The molecule has 1 atom stereocenters. The lowest BCUT2D eigenvalue weighted by atomic mass is 10.0. The maximum Gasteiger partial charge on any atom is 0.0239 e. The van der Waals surface area contributed by atoms with Gasteiger partial charge in [0.05, 0.1) is 0 Å². The molecule has 0 aliphatic rings. The molecule has 1 unspecified atom stereocenters. The van der Waals surface area contributed by atoms with Crippen LogP contribution in [-0.4, -0.2) is 24.2 Å². The van der Waals surface area contributed by atoms with Crippen molar-refractivity contribution in [2.45, 2.75) is 12.5 Å². The molecule has 0 fully saturated rings. The molecule has 0 spiro atoms. The third-order valence-electron chi connectivity index (χ3n) is 3.06. The first-order chi connectivity index (χ1) is 8.79. The van der Waals surface area contributed by atoms with E-state index in [1.807, 2.05) is 0 Å². The molecule has 2 rings (SSSR count). The van der Waals surface area contributed by atoms with E-state index in [-0.39, 0.29) is 0 Å². The summed E-state index contributed by atoms with van der Waals surface area (Å²) in [6, 6.07) is 12.8. The lowest BCUT2D eigenvalue weighted by Crippen LogP contribution is -2.25. The molecule has 0 N–H and O–H groups in total. The van der Waals surface area contributed by atoms with Crippen molar-refractivity contribution in [3.63, 3.8) is 0 Å². The van der Waals surface area contributed by atoms with Gasteiger partial charge in [-0.3, -0.25) is 0 Å². The molecule has 1 heterocycles. The van der Waals surface area contributed by atoms with Crippen LogP contribution in [-0.2, 0) is 6.54 Å². The Labute approximate surface area is 119 Å². The lowest BCUT2D eigenvalue weighted by Gasteiger charge is -2.23. The molecule has 1 aromatic heterocycles. The summed E-state index contributed by atoms with van der Waals surface area (Å²) >= 11 is 6.25. The third-order valence-corrected chi connectivity index (χ3v) is 4.23. The van der Waals surface area contributed by atoms with Crippen LogP contribution in [0, 0.1) is 0 Å². The zero-order valence-electron chi connectivity index (χ0n) is 10.6. The van der Waals surface area contributed by atoms with Crippen LogP contribution < -0.4 is 0 Å². The van der Waals surface area contributed by atoms with E-state index in [4.69, 9.17) is 0 Å². The fourth-order valence-corrected chi connectivity index (χ4v) is 3.11. The molecule has 0 amide bonds. The van der Waals surface area contributed by atoms with Crippen molar-refractivity contribution in [1.29, 1.82) is 0 Å². The monoisotopic (exact) mass is 277 g/mol. The van der Waals surface area contributed by atoms with E-state index in [2.05, 4.69) is 71.7 Å². The number of likely N-dealkylation sites (N-methyl/N-ethyl adjacent to an activating group) is 1. The van der Waals surface area contributed by atoms with Crippen molar-refractivity contribution < 1.29 is 0 Å². The minimum atomic E-state index is 0.498. The third kappa shape index (κ3) is 3.87. The summed E-state index contributed by atoms with van der Waals surface area (Å²) in [6.45, 7) is 2.06. The molecule has 1 nitrogen and oxygen atoms in total. The number of hydrogen-bond donors (Lipinski definition) is 1. The van der Waals surface area contributed by atoms with Crippen molar-refractivity contribution in [3.05, 3.63) is 58.3 Å². The fraction of sp³-hybridized carbons (Fsp3) is 0.333. The Balaban J connectivity index is 1.94. The number of rotatable bonds is 6. The summed E-state index contributed by atoms with van der Waals surface area (Å²) in [5.74, 6) is 1.39. The minimum Gasteiger partial charge on any atom is -0.301 e. The van der Waals surface area contributed by atoms with Gasteiger partial charge in [0.25, 0.3) is 0 Å². The number of nitrogens with zero attached hydrogens (tertiary/aromatic N) is 1. The Kier molecular flexibility index (Phi) is 5.29. The van der Waals surface area contributed by atoms with Gasteiger partial charge in [0, 0.05) is 19.0 Å². The lowest BCUT2D eigenvalue weighted by molar-refractivity contribution is 0.311. The van der Waals surface area contributed by atoms with Crippen LogP contribution in [0.15, 0.2) is 47.2 Å². The van der Waals surface area contributed by atoms with Crippen LogP contribution in [0.4, 0.5) is 0 Å². The van der Waals surface area contributed by atoms with Gasteiger partial charge >= 0.3 is 0 Å². The largest absolute Gasteiger partial charge is 0.301 e. The van der Waals surface area contributed by atoms with E-state index in [9.17, 15) is 0 Å². The number of hydrogen-bond acceptors (Lipinski definition) is 3. The first-order valence-electron chi connectivity index (χ1n) is 6.15. The van der Waals surface area contributed by atoms with E-state index in [0.717, 1.165) is 18.8 Å². The maximum absolute atomic E-state index is 4.49. The van der Waals surface area contributed by atoms with E-state index in [0.29, 0.717) is 5.92 Å². The highest BCUT2D eigenvalue weighted by molar-refractivity contribution is 7.80. The zero-order chi connectivity index (χ0) is 12.8. The van der Waals surface area contributed by atoms with Crippen molar-refractivity contribution in [2.24, 2.45) is 0 Å². The molecule has 2 aromatic rings. The van der Waals surface area contributed by atoms with Gasteiger partial charge < -0.3 is 4.90 Å². The highest BCUT2D eigenvalue weighted by atomic mass is 32.1. The molecule has 1 aromatic carbocycles. The van der Waals surface area contributed by atoms with Crippen LogP contribution in [0.5, 0.6) is 0 Å². The SMILES string of the molecule is CN(Cc1ccsc1)CC(CS)c1ccccc1. The van der Waals surface area contributed by atoms with Crippen LogP contribution in [0.1, 0.15) is 17.0 Å². The van der Waals surface area contributed by atoms with Crippen molar-refractivity contribution >= 4 is 24.0 Å². The zero-order valence-corrected chi connectivity index (χ0v) is 12.3. The molecular formula is C15H19NS2. The number of thiol groups is 1. The molecule has 0 bridgehead atoms. The molecule has 0 aliphatic heterocycles. The van der Waals surface area contributed by atoms with Gasteiger partial charge in [-0.05, 0) is 40.8 Å². The van der Waals surface area contributed by atoms with Crippen LogP contribution in [0.25, 0.3) is 0 Å². The van der Waals surface area contributed by atoms with Gasteiger partial charge in [-0.1, -0.05) is 30.3 Å². The quantitative estimate of drug-likeness (QED) is 0.784. The molecule has 0 radical (unpaired) electrons. The smallest absolute Gasteiger partial charge is 0.0239 e. The van der Waals surface area contributed by atoms with Gasteiger partial charge in [0.15, 0.2) is 0 Å². The van der Waals surface area contributed by atoms with Gasteiger partial charge in [0.1, 0.15) is 0 Å². The normalized spacial score (nSPS) is 12.8. The number of thiophene rings is 1. The second-order valence-corrected chi connectivity index (χ2v) is 5.76. The summed E-state index contributed by atoms with van der Waals surface area (Å²) in [5, 5.41) is 4.35. The summed E-state index contributed by atoms with van der Waals surface area (Å²) in [4.78, 5) is 2.37. The first-order valence-corrected chi connectivity index (χ1v) is 7.72. The molecule has 0 aliphatic carbocycles. The fourth-order valence-electron chi connectivity index (χ4n) is 2.13. The maximum atomic E-state index is 4.49. The average Bonchev–Trinajstić information content (AvgIpc) is 2.90. The Morgan fingerprint density at radius 3 is 2.61 bits per heavy atom. The average molecular weight is 277 g/mol. The summed E-state index contributed by atoms with van der Waals surface area (Å²) in [5.41, 5.74) is 2.78.